The van der Waals surface area contributed by atoms with E-state index in [1.807, 2.05) is 17.0 Å². The van der Waals surface area contributed by atoms with Crippen molar-refractivity contribution in [3.8, 4) is 17.5 Å². The van der Waals surface area contributed by atoms with Crippen molar-refractivity contribution in [1.29, 1.82) is 5.26 Å². The Morgan fingerprint density at radius 2 is 2.00 bits per heavy atom. The number of aromatic nitrogens is 1. The van der Waals surface area contributed by atoms with Gasteiger partial charge >= 0.3 is 11.8 Å². The first-order valence-electron chi connectivity index (χ1n) is 10.6. The van der Waals surface area contributed by atoms with E-state index in [-0.39, 0.29) is 13.2 Å². The lowest BCUT2D eigenvalue weighted by Gasteiger charge is -2.35. The minimum atomic E-state index is -0.657. The van der Waals surface area contributed by atoms with Crippen LogP contribution in [0, 0.1) is 11.3 Å². The molecule has 1 aliphatic heterocycles. The van der Waals surface area contributed by atoms with E-state index in [1.165, 1.54) is 4.90 Å². The highest BCUT2D eigenvalue weighted by Gasteiger charge is 2.31. The van der Waals surface area contributed by atoms with E-state index in [1.54, 1.807) is 6.26 Å². The number of aliphatic hydroxyl groups is 1. The van der Waals surface area contributed by atoms with E-state index in [0.717, 1.165) is 36.1 Å². The van der Waals surface area contributed by atoms with Crippen molar-refractivity contribution in [3.63, 3.8) is 0 Å². The molecule has 4 rings (SSSR count). The van der Waals surface area contributed by atoms with Crippen LogP contribution in [0.1, 0.15) is 29.5 Å². The van der Waals surface area contributed by atoms with E-state index in [9.17, 15) is 14.9 Å². The molecule has 2 aromatic heterocycles. The third-order valence-corrected chi connectivity index (χ3v) is 5.79. The van der Waals surface area contributed by atoms with Crippen molar-refractivity contribution in [2.45, 2.75) is 25.7 Å². The second-order valence-corrected chi connectivity index (χ2v) is 7.67. The number of aliphatic hydroxyl groups excluding tert-OH is 1. The second-order valence-electron chi connectivity index (χ2n) is 7.67. The summed E-state index contributed by atoms with van der Waals surface area (Å²) in [4.78, 5) is 32.7. The zero-order valence-corrected chi connectivity index (χ0v) is 17.3. The lowest BCUT2D eigenvalue weighted by molar-refractivity contribution is -0.146. The van der Waals surface area contributed by atoms with E-state index in [2.05, 4.69) is 11.4 Å². The molecule has 9 heteroatoms. The van der Waals surface area contributed by atoms with Gasteiger partial charge in [0.25, 0.3) is 0 Å². The summed E-state index contributed by atoms with van der Waals surface area (Å²) in [5.74, 6) is 0.0814. The molecule has 2 aromatic rings. The molecule has 2 amide bonds. The molecule has 0 saturated carbocycles. The number of fused-ring (bicyclic) bond motifs is 1. The van der Waals surface area contributed by atoms with Crippen LogP contribution in [0.3, 0.4) is 0 Å². The average molecular weight is 423 g/mol. The number of piperazine rings is 1. The van der Waals surface area contributed by atoms with Gasteiger partial charge in [0.2, 0.25) is 0 Å². The molecule has 1 saturated heterocycles. The number of nitrogens with one attached hydrogen (secondary N) is 1. The topological polar surface area (TPSA) is 123 Å². The van der Waals surface area contributed by atoms with Crippen LogP contribution >= 0.6 is 0 Å². The quantitative estimate of drug-likeness (QED) is 0.540. The molecule has 31 heavy (non-hydrogen) atoms. The van der Waals surface area contributed by atoms with Crippen LogP contribution in [0.15, 0.2) is 22.8 Å². The minimum absolute atomic E-state index is 0.0395. The summed E-state index contributed by atoms with van der Waals surface area (Å²) in [7, 11) is 0. The Morgan fingerprint density at radius 1 is 1.23 bits per heavy atom. The minimum Gasteiger partial charge on any atom is -0.463 e. The zero-order chi connectivity index (χ0) is 21.8. The summed E-state index contributed by atoms with van der Waals surface area (Å²) in [6, 6.07) is 6.05. The Labute approximate surface area is 180 Å². The van der Waals surface area contributed by atoms with Crippen LogP contribution in [0.5, 0.6) is 0 Å². The number of carbonyl (C=O) groups excluding carboxylic acids is 2. The third-order valence-electron chi connectivity index (χ3n) is 5.79. The Balaban J connectivity index is 1.52. The highest BCUT2D eigenvalue weighted by Crippen LogP contribution is 2.37. The van der Waals surface area contributed by atoms with Crippen LogP contribution in [0.4, 0.5) is 5.82 Å². The SMILES string of the molecule is N#Cc1c(N2CCN(C(=O)C(=O)NCCCO)CC2)nc(-c2ccco2)c2c1CCC2. The summed E-state index contributed by atoms with van der Waals surface area (Å²) in [6.45, 7) is 1.92. The highest BCUT2D eigenvalue weighted by atomic mass is 16.3. The molecule has 3 heterocycles. The standard InChI is InChI=1S/C22H25N5O4/c23-14-17-15-4-1-5-16(15)19(18-6-2-13-31-18)25-20(17)26-8-10-27(11-9-26)22(30)21(29)24-7-3-12-28/h2,6,13,28H,1,3-5,7-12H2,(H,24,29). The van der Waals surface area contributed by atoms with Gasteiger partial charge in [-0.15, -0.1) is 0 Å². The maximum Gasteiger partial charge on any atom is 0.312 e. The first-order valence-corrected chi connectivity index (χ1v) is 10.6. The van der Waals surface area contributed by atoms with Gasteiger partial charge in [-0.05, 0) is 48.9 Å². The van der Waals surface area contributed by atoms with Gasteiger partial charge in [-0.1, -0.05) is 0 Å². The van der Waals surface area contributed by atoms with Gasteiger partial charge in [-0.2, -0.15) is 5.26 Å². The summed E-state index contributed by atoms with van der Waals surface area (Å²) in [5, 5.41) is 21.2. The van der Waals surface area contributed by atoms with Gasteiger partial charge in [0.15, 0.2) is 5.76 Å². The zero-order valence-electron chi connectivity index (χ0n) is 17.3. The maximum atomic E-state index is 12.4. The third kappa shape index (κ3) is 4.11. The summed E-state index contributed by atoms with van der Waals surface area (Å²) < 4.78 is 5.60. The van der Waals surface area contributed by atoms with Crippen LogP contribution in [0.2, 0.25) is 0 Å². The molecular weight excluding hydrogens is 398 g/mol. The monoisotopic (exact) mass is 423 g/mol. The molecule has 2 N–H and O–H groups in total. The average Bonchev–Trinajstić information content (AvgIpc) is 3.50. The Kier molecular flexibility index (Phi) is 6.18. The predicted molar refractivity (Wildman–Crippen MR) is 112 cm³/mol. The molecule has 162 valence electrons. The highest BCUT2D eigenvalue weighted by molar-refractivity contribution is 6.35. The number of nitriles is 1. The molecule has 0 bridgehead atoms. The molecule has 0 radical (unpaired) electrons. The van der Waals surface area contributed by atoms with E-state index < -0.39 is 11.8 Å². The smallest absolute Gasteiger partial charge is 0.312 e. The molecule has 0 aromatic carbocycles. The molecule has 0 unspecified atom stereocenters. The molecule has 9 nitrogen and oxygen atoms in total. The van der Waals surface area contributed by atoms with Crippen LogP contribution < -0.4 is 10.2 Å². The molecule has 1 fully saturated rings. The van der Waals surface area contributed by atoms with Gasteiger partial charge in [0.05, 0.1) is 11.8 Å². The fraction of sp³-hybridized carbons (Fsp3) is 0.455. The van der Waals surface area contributed by atoms with Gasteiger partial charge < -0.3 is 24.6 Å². The van der Waals surface area contributed by atoms with Crippen molar-refractivity contribution in [2.24, 2.45) is 0 Å². The summed E-state index contributed by atoms with van der Waals surface area (Å²) in [5.41, 5.74) is 3.52. The van der Waals surface area contributed by atoms with E-state index in [4.69, 9.17) is 14.5 Å². The lowest BCUT2D eigenvalue weighted by Crippen LogP contribution is -2.53. The fourth-order valence-corrected chi connectivity index (χ4v) is 4.23. The molecule has 0 spiro atoms. The van der Waals surface area contributed by atoms with Crippen LogP contribution in [-0.2, 0) is 22.4 Å². The number of hydrogen-bond donors (Lipinski definition) is 2. The fourth-order valence-electron chi connectivity index (χ4n) is 4.23. The molecule has 1 aliphatic carbocycles. The normalized spacial score (nSPS) is 15.5. The largest absolute Gasteiger partial charge is 0.463 e. The second kappa shape index (κ2) is 9.18. The number of pyridine rings is 1. The van der Waals surface area contributed by atoms with Crippen LogP contribution in [0.25, 0.3) is 11.5 Å². The molecule has 0 atom stereocenters. The van der Waals surface area contributed by atoms with Crippen molar-refractivity contribution < 1.29 is 19.1 Å². The number of anilines is 1. The number of nitrogens with zero attached hydrogens (tertiary/aromatic N) is 4. The van der Waals surface area contributed by atoms with E-state index in [0.29, 0.717) is 49.7 Å². The maximum absolute atomic E-state index is 12.4. The molecule has 2 aliphatic rings. The first-order chi connectivity index (χ1) is 15.1. The van der Waals surface area contributed by atoms with Gasteiger partial charge in [-0.25, -0.2) is 4.98 Å². The van der Waals surface area contributed by atoms with Crippen molar-refractivity contribution in [1.82, 2.24) is 15.2 Å². The lowest BCUT2D eigenvalue weighted by atomic mass is 10.0. The number of amides is 2. The Bertz CT molecular complexity index is 1000. The van der Waals surface area contributed by atoms with Crippen molar-refractivity contribution >= 4 is 17.6 Å². The van der Waals surface area contributed by atoms with Gasteiger partial charge in [0.1, 0.15) is 17.6 Å². The number of furan rings is 1. The van der Waals surface area contributed by atoms with Crippen LogP contribution in [-0.4, -0.2) is 66.1 Å². The summed E-state index contributed by atoms with van der Waals surface area (Å²) >= 11 is 0. The first kappa shape index (κ1) is 20.9. The van der Waals surface area contributed by atoms with Gasteiger partial charge in [-0.3, -0.25) is 9.59 Å². The number of carbonyl (C=O) groups is 2. The summed E-state index contributed by atoms with van der Waals surface area (Å²) in [6.07, 6.45) is 4.73. The number of rotatable bonds is 5. The Hall–Kier alpha value is -3.38. The van der Waals surface area contributed by atoms with Crippen molar-refractivity contribution in [2.75, 3.05) is 44.2 Å². The Morgan fingerprint density at radius 3 is 2.68 bits per heavy atom. The molecular formula is C22H25N5O4. The number of hydrogen-bond acceptors (Lipinski definition) is 7. The van der Waals surface area contributed by atoms with Gasteiger partial charge in [0, 0.05) is 39.3 Å². The predicted octanol–water partition coefficient (Wildman–Crippen LogP) is 0.849. The van der Waals surface area contributed by atoms with Crippen molar-refractivity contribution in [3.05, 3.63) is 35.1 Å². The van der Waals surface area contributed by atoms with E-state index >= 15 is 0 Å².